The molecule has 0 bridgehead atoms. The molecule has 0 unspecified atom stereocenters. The highest BCUT2D eigenvalue weighted by molar-refractivity contribution is 6.32. The monoisotopic (exact) mass is 622 g/mol. The maximum Gasteiger partial charge on any atom is 0.254 e. The number of methoxy groups -OCH3 is 1. The summed E-state index contributed by atoms with van der Waals surface area (Å²) in [7, 11) is 3.24. The van der Waals surface area contributed by atoms with Crippen LogP contribution in [0.25, 0.3) is 0 Å². The zero-order chi connectivity index (χ0) is 30.9. The van der Waals surface area contributed by atoms with E-state index in [1.807, 2.05) is 0 Å². The van der Waals surface area contributed by atoms with Crippen molar-refractivity contribution < 1.29 is 33.3 Å². The first kappa shape index (κ1) is 34.3. The number of nitrogens with one attached hydrogen (secondary N) is 2. The molecule has 13 nitrogen and oxygen atoms in total. The highest BCUT2D eigenvalue weighted by Crippen LogP contribution is 2.29. The summed E-state index contributed by atoms with van der Waals surface area (Å²) >= 11 is 6.06. The van der Waals surface area contributed by atoms with Gasteiger partial charge >= 0.3 is 0 Å². The van der Waals surface area contributed by atoms with E-state index in [1.54, 1.807) is 35.0 Å². The van der Waals surface area contributed by atoms with Crippen LogP contribution in [0.5, 0.6) is 5.75 Å². The highest BCUT2D eigenvalue weighted by atomic mass is 35.5. The van der Waals surface area contributed by atoms with E-state index in [0.717, 1.165) is 13.0 Å². The Bertz CT molecular complexity index is 1150. The van der Waals surface area contributed by atoms with Crippen LogP contribution in [-0.4, -0.2) is 125 Å². The molecule has 1 aromatic heterocycles. The van der Waals surface area contributed by atoms with Gasteiger partial charge in [-0.3, -0.25) is 9.59 Å². The number of carbonyl (C=O) groups is 2. The molecular weight excluding hydrogens is 580 g/mol. The van der Waals surface area contributed by atoms with Gasteiger partial charge in [0.2, 0.25) is 11.9 Å². The number of amides is 2. The summed E-state index contributed by atoms with van der Waals surface area (Å²) < 4.78 is 27.3. The number of hydrogen-bond acceptors (Lipinski definition) is 11. The van der Waals surface area contributed by atoms with E-state index in [4.69, 9.17) is 35.3 Å². The molecule has 238 valence electrons. The summed E-state index contributed by atoms with van der Waals surface area (Å²) in [5.41, 5.74) is 1.09. The second-order valence-electron chi connectivity index (χ2n) is 9.55. The standard InChI is InChI=1S/C29H43ClN6O7/c1-4-12-40-14-16-42-18-19-43-17-15-41-13-7-26(37)35-8-10-36(11-9-35)28(38)22-5-6-24(25(20-22)39-3)33-29-32-21-23(30)27(31-2)34-29/h5-6,20-21H,4,7-19H2,1-3H3,(H2,31,32,33,34). The topological polar surface area (TPSA) is 137 Å². The number of aromatic nitrogens is 2. The Kier molecular flexibility index (Phi) is 15.2. The Morgan fingerprint density at radius 3 is 2.12 bits per heavy atom. The third-order valence-electron chi connectivity index (χ3n) is 6.52. The number of rotatable bonds is 19. The van der Waals surface area contributed by atoms with Gasteiger partial charge in [0.25, 0.3) is 5.91 Å². The van der Waals surface area contributed by atoms with Crippen LogP contribution >= 0.6 is 11.6 Å². The van der Waals surface area contributed by atoms with Crippen molar-refractivity contribution in [1.82, 2.24) is 19.8 Å². The molecule has 0 aliphatic carbocycles. The minimum Gasteiger partial charge on any atom is -0.495 e. The van der Waals surface area contributed by atoms with Crippen LogP contribution in [0.1, 0.15) is 30.1 Å². The van der Waals surface area contributed by atoms with Crippen LogP contribution in [-0.2, 0) is 23.7 Å². The number of carbonyl (C=O) groups excluding carboxylic acids is 2. The molecule has 1 saturated heterocycles. The molecule has 0 atom stereocenters. The van der Waals surface area contributed by atoms with Crippen LogP contribution < -0.4 is 15.4 Å². The number of anilines is 3. The van der Waals surface area contributed by atoms with Gasteiger partial charge in [0.1, 0.15) is 16.6 Å². The average molecular weight is 623 g/mol. The predicted molar refractivity (Wildman–Crippen MR) is 164 cm³/mol. The Morgan fingerprint density at radius 2 is 1.51 bits per heavy atom. The molecule has 0 radical (unpaired) electrons. The molecule has 1 fully saturated rings. The lowest BCUT2D eigenvalue weighted by molar-refractivity contribution is -0.134. The largest absolute Gasteiger partial charge is 0.495 e. The van der Waals surface area contributed by atoms with Gasteiger partial charge in [-0.15, -0.1) is 0 Å². The molecule has 1 aliphatic rings. The smallest absolute Gasteiger partial charge is 0.254 e. The van der Waals surface area contributed by atoms with Crippen molar-refractivity contribution in [2.24, 2.45) is 0 Å². The van der Waals surface area contributed by atoms with Crippen LogP contribution in [0, 0.1) is 0 Å². The van der Waals surface area contributed by atoms with Gasteiger partial charge in [-0.05, 0) is 24.6 Å². The third-order valence-corrected chi connectivity index (χ3v) is 6.80. The van der Waals surface area contributed by atoms with Crippen LogP contribution in [0.15, 0.2) is 24.4 Å². The van der Waals surface area contributed by atoms with Crippen molar-refractivity contribution in [3.8, 4) is 5.75 Å². The molecular formula is C29H43ClN6O7. The van der Waals surface area contributed by atoms with Crippen LogP contribution in [0.2, 0.25) is 5.02 Å². The zero-order valence-electron chi connectivity index (χ0n) is 25.2. The van der Waals surface area contributed by atoms with E-state index >= 15 is 0 Å². The van der Waals surface area contributed by atoms with Crippen molar-refractivity contribution in [3.05, 3.63) is 35.0 Å². The Morgan fingerprint density at radius 1 is 0.907 bits per heavy atom. The molecule has 2 amide bonds. The summed E-state index contributed by atoms with van der Waals surface area (Å²) in [6.45, 7) is 7.98. The maximum absolute atomic E-state index is 13.2. The lowest BCUT2D eigenvalue weighted by Gasteiger charge is -2.35. The molecule has 0 spiro atoms. The molecule has 0 saturated carbocycles. The SMILES string of the molecule is CCCOCCOCCOCCOCCC(=O)N1CCN(C(=O)c2ccc(Nc3ncc(Cl)c(NC)n3)c(OC)c2)CC1. The normalized spacial score (nSPS) is 13.2. The summed E-state index contributed by atoms with van der Waals surface area (Å²) in [6.07, 6.45) is 2.78. The van der Waals surface area contributed by atoms with E-state index in [2.05, 4.69) is 27.5 Å². The van der Waals surface area contributed by atoms with E-state index in [0.29, 0.717) is 106 Å². The lowest BCUT2D eigenvalue weighted by Crippen LogP contribution is -2.50. The van der Waals surface area contributed by atoms with E-state index in [1.165, 1.54) is 13.3 Å². The van der Waals surface area contributed by atoms with Gasteiger partial charge in [0.15, 0.2) is 0 Å². The molecule has 1 aliphatic heterocycles. The summed E-state index contributed by atoms with van der Waals surface area (Å²) in [5.74, 6) is 1.17. The first-order chi connectivity index (χ1) is 21.0. The van der Waals surface area contributed by atoms with Crippen molar-refractivity contribution in [2.45, 2.75) is 19.8 Å². The highest BCUT2D eigenvalue weighted by Gasteiger charge is 2.25. The predicted octanol–water partition coefficient (Wildman–Crippen LogP) is 3.07. The fourth-order valence-corrected chi connectivity index (χ4v) is 4.40. The second-order valence-corrected chi connectivity index (χ2v) is 9.96. The van der Waals surface area contributed by atoms with E-state index in [-0.39, 0.29) is 18.2 Å². The Hall–Kier alpha value is -3.23. The number of ether oxygens (including phenoxy) is 5. The molecule has 43 heavy (non-hydrogen) atoms. The zero-order valence-corrected chi connectivity index (χ0v) is 26.0. The maximum atomic E-state index is 13.2. The Balaban J connectivity index is 1.33. The van der Waals surface area contributed by atoms with Gasteiger partial charge in [-0.1, -0.05) is 18.5 Å². The number of nitrogens with zero attached hydrogens (tertiary/aromatic N) is 4. The van der Waals surface area contributed by atoms with Gasteiger partial charge in [0.05, 0.1) is 71.7 Å². The Labute approximate surface area is 258 Å². The van der Waals surface area contributed by atoms with Crippen molar-refractivity contribution >= 4 is 40.9 Å². The molecule has 2 aromatic rings. The van der Waals surface area contributed by atoms with Gasteiger partial charge in [-0.2, -0.15) is 4.98 Å². The minimum atomic E-state index is -0.129. The lowest BCUT2D eigenvalue weighted by atomic mass is 10.1. The molecule has 14 heteroatoms. The van der Waals surface area contributed by atoms with Crippen LogP contribution in [0.4, 0.5) is 17.5 Å². The summed E-state index contributed by atoms with van der Waals surface area (Å²) in [5, 5.41) is 6.40. The average Bonchev–Trinajstić information content (AvgIpc) is 3.04. The second kappa shape index (κ2) is 19.1. The molecule has 2 N–H and O–H groups in total. The van der Waals surface area contributed by atoms with Gasteiger partial charge in [0, 0.05) is 45.4 Å². The number of halogens is 1. The fraction of sp³-hybridized carbons (Fsp3) is 0.586. The fourth-order valence-electron chi connectivity index (χ4n) is 4.22. The minimum absolute atomic E-state index is 0.00894. The quantitative estimate of drug-likeness (QED) is 0.224. The summed E-state index contributed by atoms with van der Waals surface area (Å²) in [6, 6.07) is 5.14. The van der Waals surface area contributed by atoms with Gasteiger partial charge in [-0.25, -0.2) is 4.98 Å². The van der Waals surface area contributed by atoms with Gasteiger partial charge < -0.3 is 44.1 Å². The first-order valence-electron chi connectivity index (χ1n) is 14.5. The number of benzene rings is 1. The molecule has 3 rings (SSSR count). The number of piperazine rings is 1. The summed E-state index contributed by atoms with van der Waals surface area (Å²) in [4.78, 5) is 37.8. The molecule has 2 heterocycles. The first-order valence-corrected chi connectivity index (χ1v) is 14.9. The van der Waals surface area contributed by atoms with Crippen molar-refractivity contribution in [3.63, 3.8) is 0 Å². The van der Waals surface area contributed by atoms with E-state index < -0.39 is 0 Å². The number of hydrogen-bond donors (Lipinski definition) is 2. The van der Waals surface area contributed by atoms with Crippen molar-refractivity contribution in [2.75, 3.05) is 104 Å². The third kappa shape index (κ3) is 11.4. The van der Waals surface area contributed by atoms with E-state index in [9.17, 15) is 9.59 Å². The molecule has 1 aromatic carbocycles. The van der Waals surface area contributed by atoms with Crippen molar-refractivity contribution in [1.29, 1.82) is 0 Å². The van der Waals surface area contributed by atoms with Crippen LogP contribution in [0.3, 0.4) is 0 Å².